The lowest BCUT2D eigenvalue weighted by molar-refractivity contribution is -0.139. The van der Waals surface area contributed by atoms with Crippen molar-refractivity contribution < 1.29 is 22.7 Å². The zero-order valence-electron chi connectivity index (χ0n) is 9.55. The number of halogens is 4. The first-order valence-electron chi connectivity index (χ1n) is 5.37. The molecule has 0 radical (unpaired) electrons. The van der Waals surface area contributed by atoms with Gasteiger partial charge in [-0.15, -0.1) is 0 Å². The molecule has 1 unspecified atom stereocenters. The van der Waals surface area contributed by atoms with Crippen molar-refractivity contribution in [3.63, 3.8) is 0 Å². The van der Waals surface area contributed by atoms with Crippen molar-refractivity contribution in [3.8, 4) is 5.75 Å². The normalized spacial score (nSPS) is 18.2. The van der Waals surface area contributed by atoms with Crippen molar-refractivity contribution in [2.75, 3.05) is 11.9 Å². The van der Waals surface area contributed by atoms with E-state index >= 15 is 0 Å². The Kier molecular flexibility index (Phi) is 3.73. The molecule has 2 rings (SSSR count). The second kappa shape index (κ2) is 5.01. The molecule has 0 spiro atoms. The molecule has 1 aliphatic rings. The van der Waals surface area contributed by atoms with Crippen LogP contribution in [0.5, 0.6) is 5.75 Å². The molecule has 3 N–H and O–H groups in total. The second-order valence-electron chi connectivity index (χ2n) is 4.05. The largest absolute Gasteiger partial charge is 0.492 e. The van der Waals surface area contributed by atoms with E-state index in [1.54, 1.807) is 6.07 Å². The molecule has 8 heteroatoms. The molecule has 0 fully saturated rings. The van der Waals surface area contributed by atoms with Gasteiger partial charge in [-0.1, -0.05) is 0 Å². The van der Waals surface area contributed by atoms with Gasteiger partial charge in [-0.2, -0.15) is 13.2 Å². The van der Waals surface area contributed by atoms with Crippen LogP contribution in [0.1, 0.15) is 18.0 Å². The monoisotopic (exact) mass is 338 g/mol. The topological polar surface area (TPSA) is 64.4 Å². The summed E-state index contributed by atoms with van der Waals surface area (Å²) < 4.78 is 41.6. The zero-order chi connectivity index (χ0) is 14.2. The Morgan fingerprint density at radius 3 is 2.74 bits per heavy atom. The molecule has 19 heavy (non-hydrogen) atoms. The highest BCUT2D eigenvalue weighted by molar-refractivity contribution is 9.10. The van der Waals surface area contributed by atoms with E-state index in [9.17, 15) is 18.0 Å². The van der Waals surface area contributed by atoms with E-state index in [1.165, 1.54) is 6.07 Å². The third-order valence-corrected chi connectivity index (χ3v) is 3.24. The summed E-state index contributed by atoms with van der Waals surface area (Å²) in [4.78, 5) is 11.4. The number of hydrogen-bond acceptors (Lipinski definition) is 3. The van der Waals surface area contributed by atoms with E-state index in [1.807, 2.05) is 0 Å². The Morgan fingerprint density at radius 1 is 1.42 bits per heavy atom. The fraction of sp³-hybridized carbons (Fsp3) is 0.364. The third-order valence-electron chi connectivity index (χ3n) is 2.62. The maximum Gasteiger partial charge on any atom is 0.392 e. The Balaban J connectivity index is 2.12. The molecular weight excluding hydrogens is 329 g/mol. The highest BCUT2D eigenvalue weighted by Crippen LogP contribution is 2.38. The van der Waals surface area contributed by atoms with Crippen molar-refractivity contribution in [3.05, 3.63) is 22.2 Å². The van der Waals surface area contributed by atoms with Crippen LogP contribution in [0, 0.1) is 0 Å². The number of benzene rings is 1. The molecule has 1 aromatic carbocycles. The number of hydrogen-bond donors (Lipinski definition) is 2. The van der Waals surface area contributed by atoms with E-state index in [0.717, 1.165) is 0 Å². The fourth-order valence-corrected chi connectivity index (χ4v) is 2.15. The number of carbonyl (C=O) groups excluding carboxylic acids is 1. The van der Waals surface area contributed by atoms with Crippen LogP contribution in [0.4, 0.5) is 18.9 Å². The number of fused-ring (bicyclic) bond motifs is 1. The maximum atomic E-state index is 12.0. The molecule has 0 aromatic heterocycles. The van der Waals surface area contributed by atoms with Crippen LogP contribution in [-0.4, -0.2) is 18.7 Å². The van der Waals surface area contributed by atoms with Gasteiger partial charge in [-0.25, -0.2) is 0 Å². The predicted octanol–water partition coefficient (Wildman–Crippen LogP) is 2.73. The lowest BCUT2D eigenvalue weighted by Gasteiger charge is -2.12. The number of rotatable bonds is 3. The van der Waals surface area contributed by atoms with Crippen LogP contribution >= 0.6 is 15.9 Å². The van der Waals surface area contributed by atoms with Crippen LogP contribution in [-0.2, 0) is 4.79 Å². The molecule has 1 amide bonds. The van der Waals surface area contributed by atoms with Gasteiger partial charge in [-0.3, -0.25) is 4.79 Å². The van der Waals surface area contributed by atoms with Gasteiger partial charge < -0.3 is 15.8 Å². The van der Waals surface area contributed by atoms with Gasteiger partial charge >= 0.3 is 6.18 Å². The molecule has 0 bridgehead atoms. The van der Waals surface area contributed by atoms with Crippen molar-refractivity contribution in [1.29, 1.82) is 0 Å². The van der Waals surface area contributed by atoms with Crippen molar-refractivity contribution in [1.82, 2.24) is 0 Å². The van der Waals surface area contributed by atoms with Crippen LogP contribution in [0.15, 0.2) is 16.6 Å². The molecule has 104 valence electrons. The average Bonchev–Trinajstić information content (AvgIpc) is 2.54. The molecule has 0 saturated heterocycles. The lowest BCUT2D eigenvalue weighted by atomic mass is 10.1. The Labute approximate surface area is 115 Å². The lowest BCUT2D eigenvalue weighted by Crippen LogP contribution is -2.19. The summed E-state index contributed by atoms with van der Waals surface area (Å²) in [5, 5.41) is 2.53. The summed E-state index contributed by atoms with van der Waals surface area (Å²) in [5.41, 5.74) is 6.69. The van der Waals surface area contributed by atoms with Gasteiger partial charge in [0.1, 0.15) is 11.8 Å². The van der Waals surface area contributed by atoms with Gasteiger partial charge in [0.25, 0.3) is 0 Å². The fourth-order valence-electron chi connectivity index (χ4n) is 1.67. The number of amides is 1. The quantitative estimate of drug-likeness (QED) is 0.890. The van der Waals surface area contributed by atoms with E-state index in [2.05, 4.69) is 21.2 Å². The minimum atomic E-state index is -4.26. The Bertz CT molecular complexity index is 519. The summed E-state index contributed by atoms with van der Waals surface area (Å²) in [7, 11) is 0. The molecular formula is C11H10BrF3N2O2. The highest BCUT2D eigenvalue weighted by atomic mass is 79.9. The minimum Gasteiger partial charge on any atom is -0.492 e. The standard InChI is InChI=1S/C11H10BrF3N2O2/c12-6-3-5-7(17-10(18)9(5)16)4-8(6)19-2-1-11(13,14)15/h3-4,9H,1-2,16H2,(H,17,18). The van der Waals surface area contributed by atoms with Crippen LogP contribution in [0.2, 0.25) is 0 Å². The van der Waals surface area contributed by atoms with Gasteiger partial charge in [0.2, 0.25) is 5.91 Å². The number of carbonyl (C=O) groups is 1. The summed E-state index contributed by atoms with van der Waals surface area (Å²) in [6.45, 7) is -0.485. The first kappa shape index (κ1) is 14.1. The van der Waals surface area contributed by atoms with Crippen molar-refractivity contribution >= 4 is 27.5 Å². The summed E-state index contributed by atoms with van der Waals surface area (Å²) >= 11 is 3.18. The number of alkyl halides is 3. The number of ether oxygens (including phenoxy) is 1. The Hall–Kier alpha value is -1.28. The third kappa shape index (κ3) is 3.19. The SMILES string of the molecule is NC1C(=O)Nc2cc(OCCC(F)(F)F)c(Br)cc21. The second-order valence-corrected chi connectivity index (χ2v) is 4.90. The molecule has 4 nitrogen and oxygen atoms in total. The number of nitrogens with two attached hydrogens (primary N) is 1. The van der Waals surface area contributed by atoms with E-state index in [4.69, 9.17) is 10.5 Å². The predicted molar refractivity (Wildman–Crippen MR) is 65.9 cm³/mol. The van der Waals surface area contributed by atoms with E-state index in [-0.39, 0.29) is 11.7 Å². The smallest absolute Gasteiger partial charge is 0.392 e. The van der Waals surface area contributed by atoms with Gasteiger partial charge in [-0.05, 0) is 22.0 Å². The van der Waals surface area contributed by atoms with Gasteiger partial charge in [0.15, 0.2) is 0 Å². The summed E-state index contributed by atoms with van der Waals surface area (Å²) in [6.07, 6.45) is -5.30. The first-order valence-corrected chi connectivity index (χ1v) is 6.16. The van der Waals surface area contributed by atoms with Crippen LogP contribution < -0.4 is 15.8 Å². The molecule has 0 saturated carbocycles. The minimum absolute atomic E-state index is 0.234. The summed E-state index contributed by atoms with van der Waals surface area (Å²) in [5.74, 6) is -0.119. The van der Waals surface area contributed by atoms with Crippen molar-refractivity contribution in [2.24, 2.45) is 5.73 Å². The first-order chi connectivity index (χ1) is 8.78. The van der Waals surface area contributed by atoms with Crippen molar-refractivity contribution in [2.45, 2.75) is 18.6 Å². The molecule has 1 aliphatic heterocycles. The van der Waals surface area contributed by atoms with Crippen LogP contribution in [0.25, 0.3) is 0 Å². The Morgan fingerprint density at radius 2 is 2.11 bits per heavy atom. The van der Waals surface area contributed by atoms with E-state index in [0.29, 0.717) is 15.7 Å². The zero-order valence-corrected chi connectivity index (χ0v) is 11.1. The van der Waals surface area contributed by atoms with Gasteiger partial charge in [0, 0.05) is 17.3 Å². The number of nitrogens with one attached hydrogen (secondary N) is 1. The molecule has 1 heterocycles. The highest BCUT2D eigenvalue weighted by Gasteiger charge is 2.29. The average molecular weight is 339 g/mol. The van der Waals surface area contributed by atoms with Gasteiger partial charge in [0.05, 0.1) is 17.5 Å². The van der Waals surface area contributed by atoms with E-state index < -0.39 is 25.2 Å². The molecule has 1 aromatic rings. The molecule has 1 atom stereocenters. The maximum absolute atomic E-state index is 12.0. The molecule has 0 aliphatic carbocycles. The summed E-state index contributed by atoms with van der Waals surface area (Å²) in [6, 6.07) is 2.26. The van der Waals surface area contributed by atoms with Crippen LogP contribution in [0.3, 0.4) is 0 Å². The number of anilines is 1.